The second kappa shape index (κ2) is 5.90. The minimum absolute atomic E-state index is 0.0610. The molecule has 106 valence electrons. The molecule has 0 atom stereocenters. The topological polar surface area (TPSA) is 65.2 Å². The maximum absolute atomic E-state index is 12.1. The summed E-state index contributed by atoms with van der Waals surface area (Å²) >= 11 is 2.91. The minimum Gasteiger partial charge on any atom is -0.337 e. The lowest BCUT2D eigenvalue weighted by Gasteiger charge is -2.27. The molecule has 1 aliphatic rings. The smallest absolute Gasteiger partial charge is 0.304 e. The number of amides is 1. The maximum atomic E-state index is 12.1. The number of H-pyrrole nitrogens is 1. The molecule has 0 bridgehead atoms. The lowest BCUT2D eigenvalue weighted by molar-refractivity contribution is -0.131. The Morgan fingerprint density at radius 2 is 2.35 bits per heavy atom. The van der Waals surface area contributed by atoms with E-state index in [1.165, 1.54) is 10.4 Å². The van der Waals surface area contributed by atoms with Crippen LogP contribution in [0, 0.1) is 0 Å². The second-order valence-electron chi connectivity index (χ2n) is 4.71. The van der Waals surface area contributed by atoms with Gasteiger partial charge in [-0.2, -0.15) is 0 Å². The van der Waals surface area contributed by atoms with E-state index in [1.807, 2.05) is 4.90 Å². The highest BCUT2D eigenvalue weighted by molar-refractivity contribution is 7.10. The lowest BCUT2D eigenvalue weighted by Crippen LogP contribution is -2.40. The van der Waals surface area contributed by atoms with E-state index in [0.717, 1.165) is 30.0 Å². The lowest BCUT2D eigenvalue weighted by atomic mass is 10.1. The van der Waals surface area contributed by atoms with Gasteiger partial charge in [-0.25, -0.2) is 0 Å². The normalized spacial score (nSPS) is 14.3. The highest BCUT2D eigenvalue weighted by Crippen LogP contribution is 2.23. The average molecular weight is 309 g/mol. The molecule has 0 unspecified atom stereocenters. The summed E-state index contributed by atoms with van der Waals surface area (Å²) in [5.41, 5.74) is 2.10. The van der Waals surface area contributed by atoms with Gasteiger partial charge in [0.2, 0.25) is 5.91 Å². The minimum atomic E-state index is -0.0610. The van der Waals surface area contributed by atoms with Crippen molar-refractivity contribution in [3.05, 3.63) is 42.6 Å². The van der Waals surface area contributed by atoms with Crippen LogP contribution in [-0.2, 0) is 24.3 Å². The second-order valence-corrected chi connectivity index (χ2v) is 6.55. The zero-order chi connectivity index (χ0) is 13.9. The molecule has 3 heterocycles. The van der Waals surface area contributed by atoms with E-state index in [4.69, 9.17) is 0 Å². The highest BCUT2D eigenvalue weighted by Gasteiger charge is 2.20. The van der Waals surface area contributed by atoms with Gasteiger partial charge in [-0.15, -0.1) is 11.3 Å². The summed E-state index contributed by atoms with van der Waals surface area (Å²) in [6.45, 7) is 2.33. The zero-order valence-corrected chi connectivity index (χ0v) is 12.5. The van der Waals surface area contributed by atoms with Crippen molar-refractivity contribution >= 4 is 28.6 Å². The first-order chi connectivity index (χ1) is 9.72. The molecule has 0 radical (unpaired) electrons. The van der Waals surface area contributed by atoms with E-state index in [1.54, 1.807) is 16.7 Å². The number of nitrogens with one attached hydrogen (secondary N) is 2. The van der Waals surface area contributed by atoms with E-state index in [2.05, 4.69) is 21.7 Å². The van der Waals surface area contributed by atoms with Gasteiger partial charge in [0, 0.05) is 35.6 Å². The Balaban J connectivity index is 1.49. The van der Waals surface area contributed by atoms with E-state index in [-0.39, 0.29) is 10.8 Å². The van der Waals surface area contributed by atoms with Crippen LogP contribution in [0.2, 0.25) is 0 Å². The summed E-state index contributed by atoms with van der Waals surface area (Å²) in [4.78, 5) is 29.1. The first-order valence-corrected chi connectivity index (χ1v) is 8.19. The van der Waals surface area contributed by atoms with Gasteiger partial charge in [0.15, 0.2) is 0 Å². The number of thiophene rings is 1. The fourth-order valence-electron chi connectivity index (χ4n) is 2.28. The van der Waals surface area contributed by atoms with Crippen LogP contribution in [0.3, 0.4) is 0 Å². The molecule has 0 saturated carbocycles. The maximum Gasteiger partial charge on any atom is 0.304 e. The number of carbonyl (C=O) groups is 1. The Bertz CT molecular complexity index is 658. The molecular formula is C13H15N3O2S2. The molecule has 0 fully saturated rings. The van der Waals surface area contributed by atoms with Crippen molar-refractivity contribution in [2.45, 2.75) is 19.5 Å². The monoisotopic (exact) mass is 309 g/mol. The number of nitrogens with zero attached hydrogens (tertiary/aromatic N) is 1. The van der Waals surface area contributed by atoms with Crippen molar-refractivity contribution in [2.24, 2.45) is 0 Å². The van der Waals surface area contributed by atoms with Gasteiger partial charge in [0.25, 0.3) is 0 Å². The number of aromatic amines is 1. The molecule has 5 nitrogen and oxygen atoms in total. The first kappa shape index (κ1) is 13.5. The summed E-state index contributed by atoms with van der Waals surface area (Å²) in [5, 5.41) is 6.94. The standard InChI is InChI=1S/C13H15N3O2S2/c17-12(6-14-5-10-8-20-13(18)15-10)16-3-1-11-9(7-16)2-4-19-11/h2,4,8,14H,1,3,5-7H2,(H,15,18). The fraction of sp³-hybridized carbons (Fsp3) is 0.385. The van der Waals surface area contributed by atoms with Crippen LogP contribution in [-0.4, -0.2) is 28.9 Å². The Labute approximate surface area is 124 Å². The molecule has 2 N–H and O–H groups in total. The summed E-state index contributed by atoms with van der Waals surface area (Å²) in [7, 11) is 0. The third-order valence-corrected chi connectivity index (χ3v) is 5.06. The Kier molecular flexibility index (Phi) is 4.00. The molecule has 0 saturated heterocycles. The van der Waals surface area contributed by atoms with Gasteiger partial charge >= 0.3 is 4.87 Å². The number of fused-ring (bicyclic) bond motifs is 1. The third-order valence-electron chi connectivity index (χ3n) is 3.32. The number of hydrogen-bond donors (Lipinski definition) is 2. The molecule has 1 amide bonds. The quantitative estimate of drug-likeness (QED) is 0.891. The number of thiazole rings is 1. The van der Waals surface area contributed by atoms with E-state index in [0.29, 0.717) is 19.6 Å². The van der Waals surface area contributed by atoms with E-state index >= 15 is 0 Å². The number of hydrogen-bond acceptors (Lipinski definition) is 5. The van der Waals surface area contributed by atoms with Crippen LogP contribution in [0.4, 0.5) is 0 Å². The summed E-state index contributed by atoms with van der Waals surface area (Å²) in [5.74, 6) is 0.111. The molecule has 20 heavy (non-hydrogen) atoms. The molecule has 3 rings (SSSR count). The molecule has 0 aliphatic carbocycles. The van der Waals surface area contributed by atoms with Crippen LogP contribution in [0.1, 0.15) is 16.1 Å². The summed E-state index contributed by atoms with van der Waals surface area (Å²) < 4.78 is 0. The number of rotatable bonds is 4. The SMILES string of the molecule is O=C(CNCc1csc(=O)[nH]1)N1CCc2sccc2C1. The van der Waals surface area contributed by atoms with Crippen LogP contribution in [0.25, 0.3) is 0 Å². The van der Waals surface area contributed by atoms with Crippen LogP contribution in [0.5, 0.6) is 0 Å². The summed E-state index contributed by atoms with van der Waals surface area (Å²) in [6.07, 6.45) is 0.955. The van der Waals surface area contributed by atoms with Crippen molar-refractivity contribution in [2.75, 3.05) is 13.1 Å². The van der Waals surface area contributed by atoms with E-state index < -0.39 is 0 Å². The largest absolute Gasteiger partial charge is 0.337 e. The average Bonchev–Trinajstić information content (AvgIpc) is 3.06. The highest BCUT2D eigenvalue weighted by atomic mass is 32.1. The Morgan fingerprint density at radius 3 is 3.15 bits per heavy atom. The third kappa shape index (κ3) is 3.00. The van der Waals surface area contributed by atoms with Gasteiger partial charge in [-0.3, -0.25) is 9.59 Å². The van der Waals surface area contributed by atoms with Gasteiger partial charge < -0.3 is 15.2 Å². The Hall–Kier alpha value is -1.44. The molecule has 7 heteroatoms. The molecular weight excluding hydrogens is 294 g/mol. The van der Waals surface area contributed by atoms with Crippen LogP contribution < -0.4 is 10.2 Å². The molecule has 0 spiro atoms. The number of aromatic nitrogens is 1. The number of carbonyl (C=O) groups excluding carboxylic acids is 1. The first-order valence-electron chi connectivity index (χ1n) is 6.43. The van der Waals surface area contributed by atoms with Gasteiger partial charge in [0.05, 0.1) is 6.54 Å². The molecule has 1 aliphatic heterocycles. The van der Waals surface area contributed by atoms with Crippen molar-refractivity contribution < 1.29 is 4.79 Å². The van der Waals surface area contributed by atoms with Crippen molar-refractivity contribution in [1.29, 1.82) is 0 Å². The predicted octanol–water partition coefficient (Wildman–Crippen LogP) is 1.17. The van der Waals surface area contributed by atoms with E-state index in [9.17, 15) is 9.59 Å². The molecule has 2 aromatic rings. The zero-order valence-electron chi connectivity index (χ0n) is 10.8. The van der Waals surface area contributed by atoms with Crippen LogP contribution >= 0.6 is 22.7 Å². The van der Waals surface area contributed by atoms with Gasteiger partial charge in [0.1, 0.15) is 0 Å². The van der Waals surface area contributed by atoms with Crippen LogP contribution in [0.15, 0.2) is 21.6 Å². The predicted molar refractivity (Wildman–Crippen MR) is 80.1 cm³/mol. The summed E-state index contributed by atoms with van der Waals surface area (Å²) in [6, 6.07) is 2.10. The molecule has 2 aromatic heterocycles. The van der Waals surface area contributed by atoms with Gasteiger partial charge in [-0.05, 0) is 23.4 Å². The fourth-order valence-corrected chi connectivity index (χ4v) is 3.75. The van der Waals surface area contributed by atoms with Crippen molar-refractivity contribution in [3.63, 3.8) is 0 Å². The van der Waals surface area contributed by atoms with Crippen molar-refractivity contribution in [1.82, 2.24) is 15.2 Å². The Morgan fingerprint density at radius 1 is 1.45 bits per heavy atom. The van der Waals surface area contributed by atoms with Crippen molar-refractivity contribution in [3.8, 4) is 0 Å². The molecule has 0 aromatic carbocycles. The van der Waals surface area contributed by atoms with Gasteiger partial charge in [-0.1, -0.05) is 11.3 Å².